The van der Waals surface area contributed by atoms with E-state index in [2.05, 4.69) is 0 Å². The lowest BCUT2D eigenvalue weighted by atomic mass is 9.88. The van der Waals surface area contributed by atoms with Gasteiger partial charge in [-0.2, -0.15) is 13.2 Å². The van der Waals surface area contributed by atoms with Crippen LogP contribution in [0.3, 0.4) is 0 Å². The van der Waals surface area contributed by atoms with Crippen molar-refractivity contribution in [2.24, 2.45) is 7.05 Å². The smallest absolute Gasteiger partial charge is 0.416 e. The van der Waals surface area contributed by atoms with Crippen LogP contribution in [0, 0.1) is 6.92 Å². The zero-order valence-electron chi connectivity index (χ0n) is 17.2. The van der Waals surface area contributed by atoms with Crippen molar-refractivity contribution in [2.45, 2.75) is 38.5 Å². The van der Waals surface area contributed by atoms with Crippen molar-refractivity contribution in [3.05, 3.63) is 70.4 Å². The predicted octanol–water partition coefficient (Wildman–Crippen LogP) is 5.06. The molecule has 1 heterocycles. The summed E-state index contributed by atoms with van der Waals surface area (Å²) in [4.78, 5) is 12.7. The molecule has 0 saturated carbocycles. The van der Waals surface area contributed by atoms with Crippen molar-refractivity contribution >= 4 is 16.9 Å². The number of benzene rings is 2. The summed E-state index contributed by atoms with van der Waals surface area (Å²) in [7, 11) is 2.96. The minimum atomic E-state index is -4.61. The van der Waals surface area contributed by atoms with Crippen LogP contribution >= 0.6 is 0 Å². The summed E-state index contributed by atoms with van der Waals surface area (Å²) in [5, 5.41) is 10.5. The van der Waals surface area contributed by atoms with Gasteiger partial charge in [0, 0.05) is 23.6 Å². The van der Waals surface area contributed by atoms with Crippen LogP contribution in [0.2, 0.25) is 0 Å². The largest absolute Gasteiger partial charge is 0.469 e. The van der Waals surface area contributed by atoms with Crippen LogP contribution in [0.25, 0.3) is 10.9 Å². The van der Waals surface area contributed by atoms with Crippen LogP contribution in [0.4, 0.5) is 13.2 Å². The third kappa shape index (κ3) is 3.94. The fraction of sp³-hybridized carbons (Fsp3) is 0.348. The lowest BCUT2D eigenvalue weighted by Gasteiger charge is -2.18. The number of halogens is 3. The predicted molar refractivity (Wildman–Crippen MR) is 108 cm³/mol. The topological polar surface area (TPSA) is 51.5 Å². The molecule has 0 aliphatic heterocycles. The highest BCUT2D eigenvalue weighted by atomic mass is 19.4. The van der Waals surface area contributed by atoms with E-state index in [1.807, 2.05) is 30.3 Å². The maximum absolute atomic E-state index is 13.6. The van der Waals surface area contributed by atoms with E-state index in [4.69, 9.17) is 4.74 Å². The molecule has 0 aliphatic carbocycles. The quantitative estimate of drug-likeness (QED) is 0.589. The number of carbonyl (C=O) groups is 1. The number of aliphatic hydroxyl groups is 1. The van der Waals surface area contributed by atoms with E-state index < -0.39 is 29.7 Å². The van der Waals surface area contributed by atoms with E-state index in [9.17, 15) is 23.1 Å². The first-order chi connectivity index (χ1) is 14.1. The van der Waals surface area contributed by atoms with Crippen LogP contribution in [0.5, 0.6) is 0 Å². The van der Waals surface area contributed by atoms with E-state index in [1.54, 1.807) is 18.5 Å². The van der Waals surface area contributed by atoms with Gasteiger partial charge in [0.05, 0.1) is 24.7 Å². The highest BCUT2D eigenvalue weighted by Crippen LogP contribution is 2.41. The highest BCUT2D eigenvalue weighted by molar-refractivity contribution is 5.93. The Labute approximate surface area is 172 Å². The number of rotatable bonds is 5. The standard InChI is InChI=1S/C23H24F3NO3/c1-13-21(18(22(29)30-4)10-15-8-6-5-7-9-15)17-11-16(14(2)28)19(23(24,25)26)12-20(17)27(13)3/h5-9,11-12,14,18,28H,10H2,1-4H3. The number of aromatic nitrogens is 1. The van der Waals surface area contributed by atoms with Crippen LogP contribution in [0.1, 0.15) is 46.9 Å². The van der Waals surface area contributed by atoms with Gasteiger partial charge < -0.3 is 14.4 Å². The van der Waals surface area contributed by atoms with Gasteiger partial charge >= 0.3 is 12.1 Å². The van der Waals surface area contributed by atoms with Crippen LogP contribution in [-0.2, 0) is 29.2 Å². The molecule has 0 saturated heterocycles. The number of hydrogen-bond acceptors (Lipinski definition) is 3. The van der Waals surface area contributed by atoms with Crippen LogP contribution in [0.15, 0.2) is 42.5 Å². The minimum Gasteiger partial charge on any atom is -0.469 e. The Morgan fingerprint density at radius 3 is 2.37 bits per heavy atom. The maximum atomic E-state index is 13.6. The lowest BCUT2D eigenvalue weighted by Crippen LogP contribution is -2.18. The summed E-state index contributed by atoms with van der Waals surface area (Å²) in [6.07, 6.45) is -5.58. The van der Waals surface area contributed by atoms with Crippen molar-refractivity contribution in [3.63, 3.8) is 0 Å². The molecule has 2 aromatic carbocycles. The number of nitrogens with zero attached hydrogens (tertiary/aromatic N) is 1. The first-order valence-electron chi connectivity index (χ1n) is 9.56. The Morgan fingerprint density at radius 1 is 1.20 bits per heavy atom. The summed E-state index contributed by atoms with van der Waals surface area (Å²) in [6.45, 7) is 3.07. The van der Waals surface area contributed by atoms with E-state index in [0.29, 0.717) is 28.6 Å². The minimum absolute atomic E-state index is 0.217. The second-order valence-electron chi connectivity index (χ2n) is 7.45. The number of fused-ring (bicyclic) bond motifs is 1. The molecule has 7 heteroatoms. The Morgan fingerprint density at radius 2 is 1.83 bits per heavy atom. The molecule has 160 valence electrons. The van der Waals surface area contributed by atoms with E-state index >= 15 is 0 Å². The van der Waals surface area contributed by atoms with Crippen molar-refractivity contribution < 1.29 is 27.8 Å². The zero-order valence-corrected chi connectivity index (χ0v) is 17.2. The number of alkyl halides is 3. The molecule has 1 N–H and O–H groups in total. The molecular formula is C23H24F3NO3. The second-order valence-corrected chi connectivity index (χ2v) is 7.45. The van der Waals surface area contributed by atoms with Gasteiger partial charge in [0.15, 0.2) is 0 Å². The van der Waals surface area contributed by atoms with E-state index in [0.717, 1.165) is 11.6 Å². The SMILES string of the molecule is COC(=O)C(Cc1ccccc1)c1c(C)n(C)c2cc(C(F)(F)F)c(C(C)O)cc12. The summed E-state index contributed by atoms with van der Waals surface area (Å²) < 4.78 is 47.5. The fourth-order valence-corrected chi connectivity index (χ4v) is 3.98. The molecule has 0 aliphatic rings. The van der Waals surface area contributed by atoms with Gasteiger partial charge in [-0.1, -0.05) is 30.3 Å². The van der Waals surface area contributed by atoms with Gasteiger partial charge in [0.1, 0.15) is 0 Å². The molecule has 0 amide bonds. The van der Waals surface area contributed by atoms with Crippen molar-refractivity contribution in [2.75, 3.05) is 7.11 Å². The number of aliphatic hydroxyl groups excluding tert-OH is 1. The first kappa shape index (κ1) is 21.9. The fourth-order valence-electron chi connectivity index (χ4n) is 3.98. The number of methoxy groups -OCH3 is 1. The molecule has 0 bridgehead atoms. The van der Waals surface area contributed by atoms with Gasteiger partial charge in [0.25, 0.3) is 0 Å². The molecule has 0 spiro atoms. The van der Waals surface area contributed by atoms with Crippen molar-refractivity contribution in [3.8, 4) is 0 Å². The van der Waals surface area contributed by atoms with Gasteiger partial charge in [-0.05, 0) is 49.1 Å². The van der Waals surface area contributed by atoms with Crippen molar-refractivity contribution in [1.82, 2.24) is 4.57 Å². The van der Waals surface area contributed by atoms with Gasteiger partial charge in [-0.25, -0.2) is 0 Å². The molecule has 3 aromatic rings. The molecule has 2 unspecified atom stereocenters. The highest BCUT2D eigenvalue weighted by Gasteiger charge is 2.36. The number of carbonyl (C=O) groups excluding carboxylic acids is 1. The Kier molecular flexibility index (Phi) is 5.94. The molecule has 1 aromatic heterocycles. The molecule has 2 atom stereocenters. The van der Waals surface area contributed by atoms with Crippen LogP contribution in [-0.4, -0.2) is 22.8 Å². The summed E-state index contributed by atoms with van der Waals surface area (Å²) in [6, 6.07) is 11.8. The number of esters is 1. The molecule has 30 heavy (non-hydrogen) atoms. The average Bonchev–Trinajstić information content (AvgIpc) is 2.94. The van der Waals surface area contributed by atoms with Crippen LogP contribution < -0.4 is 0 Å². The Balaban J connectivity index is 2.29. The van der Waals surface area contributed by atoms with Gasteiger partial charge in [0.2, 0.25) is 0 Å². The Hall–Kier alpha value is -2.80. The lowest BCUT2D eigenvalue weighted by molar-refractivity contribution is -0.142. The third-order valence-electron chi connectivity index (χ3n) is 5.58. The average molecular weight is 419 g/mol. The normalized spacial score (nSPS) is 14.0. The van der Waals surface area contributed by atoms with Gasteiger partial charge in [-0.15, -0.1) is 0 Å². The zero-order chi connectivity index (χ0) is 22.2. The number of hydrogen-bond donors (Lipinski definition) is 1. The van der Waals surface area contributed by atoms with E-state index in [1.165, 1.54) is 20.1 Å². The van der Waals surface area contributed by atoms with Gasteiger partial charge in [-0.3, -0.25) is 4.79 Å². The maximum Gasteiger partial charge on any atom is 0.416 e. The van der Waals surface area contributed by atoms with E-state index in [-0.39, 0.29) is 5.56 Å². The molecule has 0 radical (unpaired) electrons. The number of ether oxygens (including phenoxy) is 1. The summed E-state index contributed by atoms with van der Waals surface area (Å²) in [5.41, 5.74) is 1.44. The molecular weight excluding hydrogens is 395 g/mol. The number of aryl methyl sites for hydroxylation is 1. The summed E-state index contributed by atoms with van der Waals surface area (Å²) in [5.74, 6) is -1.16. The third-order valence-corrected chi connectivity index (χ3v) is 5.58. The first-order valence-corrected chi connectivity index (χ1v) is 9.56. The summed E-state index contributed by atoms with van der Waals surface area (Å²) >= 11 is 0. The monoisotopic (exact) mass is 419 g/mol. The molecule has 4 nitrogen and oxygen atoms in total. The second kappa shape index (κ2) is 8.14. The van der Waals surface area contributed by atoms with Crippen molar-refractivity contribution in [1.29, 1.82) is 0 Å². The molecule has 0 fully saturated rings. The Bertz CT molecular complexity index is 1070. The molecule has 3 rings (SSSR count).